The van der Waals surface area contributed by atoms with Crippen molar-refractivity contribution >= 4 is 11.9 Å². The van der Waals surface area contributed by atoms with E-state index < -0.39 is 5.60 Å². The van der Waals surface area contributed by atoms with Crippen LogP contribution in [0.4, 0.5) is 4.79 Å². The molecule has 4 heteroatoms. The summed E-state index contributed by atoms with van der Waals surface area (Å²) in [7, 11) is 0. The van der Waals surface area contributed by atoms with Crippen LogP contribution in [0.1, 0.15) is 66.7 Å². The van der Waals surface area contributed by atoms with Gasteiger partial charge in [-0.25, -0.2) is 4.79 Å². The molecule has 2 aliphatic rings. The average Bonchev–Trinajstić information content (AvgIpc) is 2.72. The number of carbonyl (C=O) groups is 2. The molecule has 0 N–H and O–H groups in total. The smallest absolute Gasteiger partial charge is 0.410 e. The number of Topliss-reactive ketones (excluding diaryl/α,β-unsaturated/α-hetero) is 1. The molecule has 1 heterocycles. The van der Waals surface area contributed by atoms with Crippen LogP contribution in [0.5, 0.6) is 0 Å². The average molecular weight is 283 g/mol. The van der Waals surface area contributed by atoms with Gasteiger partial charge in [-0.2, -0.15) is 0 Å². The summed E-state index contributed by atoms with van der Waals surface area (Å²) in [5.41, 5.74) is -0.562. The summed E-state index contributed by atoms with van der Waals surface area (Å²) < 4.78 is 5.36. The second kappa shape index (κ2) is 6.59. The van der Waals surface area contributed by atoms with Crippen molar-refractivity contribution in [2.45, 2.75) is 72.3 Å². The van der Waals surface area contributed by atoms with Gasteiger partial charge in [0.15, 0.2) is 0 Å². The van der Waals surface area contributed by atoms with E-state index in [0.29, 0.717) is 18.9 Å². The van der Waals surface area contributed by atoms with Gasteiger partial charge in [0.05, 0.1) is 0 Å². The van der Waals surface area contributed by atoms with Crippen molar-refractivity contribution in [3.63, 3.8) is 0 Å². The third-order valence-electron chi connectivity index (χ3n) is 4.02. The minimum absolute atomic E-state index is 0.113. The first-order chi connectivity index (χ1) is 9.32. The Morgan fingerprint density at radius 2 is 1.70 bits per heavy atom. The minimum atomic E-state index is -0.449. The first kappa shape index (κ1) is 17.0. The number of hydrogen-bond acceptors (Lipinski definition) is 3. The molecule has 1 amide bonds. The van der Waals surface area contributed by atoms with Crippen molar-refractivity contribution in [3.8, 4) is 0 Å². The summed E-state index contributed by atoms with van der Waals surface area (Å²) in [6.45, 7) is 10.9. The zero-order chi connectivity index (χ0) is 15.4. The van der Waals surface area contributed by atoms with Crippen LogP contribution in [0.3, 0.4) is 0 Å². The Labute approximate surface area is 122 Å². The Morgan fingerprint density at radius 3 is 2.10 bits per heavy atom. The van der Waals surface area contributed by atoms with E-state index in [9.17, 15) is 9.59 Å². The summed E-state index contributed by atoms with van der Waals surface area (Å²) in [4.78, 5) is 25.6. The summed E-state index contributed by atoms with van der Waals surface area (Å²) in [6.07, 6.45) is 4.13. The van der Waals surface area contributed by atoms with E-state index >= 15 is 0 Å². The van der Waals surface area contributed by atoms with Crippen LogP contribution >= 0.6 is 0 Å². The van der Waals surface area contributed by atoms with Crippen molar-refractivity contribution in [3.05, 3.63) is 0 Å². The van der Waals surface area contributed by atoms with Crippen LogP contribution in [0.2, 0.25) is 0 Å². The third-order valence-corrected chi connectivity index (χ3v) is 4.02. The summed E-state index contributed by atoms with van der Waals surface area (Å²) in [5, 5.41) is 0. The monoisotopic (exact) mass is 283 g/mol. The second-order valence-electron chi connectivity index (χ2n) is 6.52. The topological polar surface area (TPSA) is 46.6 Å². The Balaban J connectivity index is 0.000000956. The maximum absolute atomic E-state index is 11.9. The number of nitrogens with zero attached hydrogens (tertiary/aromatic N) is 1. The standard InChI is InChI=1S/C14H23NO3.C2H6/c1-13(2,3)18-12(17)15-9-7-14(8-10-15)6-4-5-11(14)16;1-2/h4-10H2,1-3H3;1-2H3. The lowest BCUT2D eigenvalue weighted by molar-refractivity contribution is -0.128. The number of amides is 1. The second-order valence-corrected chi connectivity index (χ2v) is 6.52. The molecule has 4 nitrogen and oxygen atoms in total. The van der Waals surface area contributed by atoms with Gasteiger partial charge in [0.25, 0.3) is 0 Å². The van der Waals surface area contributed by atoms with E-state index in [4.69, 9.17) is 4.74 Å². The van der Waals surface area contributed by atoms with Crippen LogP contribution in [-0.4, -0.2) is 35.5 Å². The fourth-order valence-electron chi connectivity index (χ4n) is 2.96. The molecule has 116 valence electrons. The van der Waals surface area contributed by atoms with Crippen molar-refractivity contribution in [2.75, 3.05) is 13.1 Å². The quantitative estimate of drug-likeness (QED) is 0.679. The van der Waals surface area contributed by atoms with Crippen LogP contribution in [0, 0.1) is 5.41 Å². The number of piperidine rings is 1. The molecule has 1 saturated heterocycles. The molecule has 0 unspecified atom stereocenters. The van der Waals surface area contributed by atoms with Crippen LogP contribution in [-0.2, 0) is 9.53 Å². The van der Waals surface area contributed by atoms with Gasteiger partial charge in [-0.05, 0) is 46.5 Å². The zero-order valence-electron chi connectivity index (χ0n) is 13.6. The van der Waals surface area contributed by atoms with E-state index in [1.165, 1.54) is 0 Å². The van der Waals surface area contributed by atoms with Gasteiger partial charge in [0, 0.05) is 24.9 Å². The number of ether oxygens (including phenoxy) is 1. The van der Waals surface area contributed by atoms with Gasteiger partial charge in [-0.1, -0.05) is 13.8 Å². The Kier molecular flexibility index (Phi) is 5.60. The number of hydrogen-bond donors (Lipinski definition) is 0. The Bertz CT molecular complexity index is 349. The molecule has 0 aromatic rings. The van der Waals surface area contributed by atoms with E-state index in [1.54, 1.807) is 4.90 Å². The lowest BCUT2D eigenvalue weighted by Gasteiger charge is -2.38. The molecule has 0 aromatic carbocycles. The normalized spacial score (nSPS) is 21.4. The molecular weight excluding hydrogens is 254 g/mol. The maximum atomic E-state index is 11.9. The fourth-order valence-corrected chi connectivity index (χ4v) is 2.96. The lowest BCUT2D eigenvalue weighted by atomic mass is 9.76. The molecule has 0 aromatic heterocycles. The highest BCUT2D eigenvalue weighted by atomic mass is 16.6. The van der Waals surface area contributed by atoms with Crippen molar-refractivity contribution in [1.82, 2.24) is 4.90 Å². The van der Waals surface area contributed by atoms with E-state index in [0.717, 1.165) is 32.1 Å². The van der Waals surface area contributed by atoms with Crippen LogP contribution < -0.4 is 0 Å². The molecule has 1 aliphatic heterocycles. The summed E-state index contributed by atoms with van der Waals surface area (Å²) >= 11 is 0. The maximum Gasteiger partial charge on any atom is 0.410 e. The highest BCUT2D eigenvalue weighted by molar-refractivity contribution is 5.87. The zero-order valence-corrected chi connectivity index (χ0v) is 13.6. The van der Waals surface area contributed by atoms with Gasteiger partial charge >= 0.3 is 6.09 Å². The molecule has 20 heavy (non-hydrogen) atoms. The minimum Gasteiger partial charge on any atom is -0.444 e. The molecule has 0 bridgehead atoms. The number of carbonyl (C=O) groups excluding carboxylic acids is 2. The molecule has 0 radical (unpaired) electrons. The van der Waals surface area contributed by atoms with E-state index in [1.807, 2.05) is 34.6 Å². The van der Waals surface area contributed by atoms with Gasteiger partial charge in [0.2, 0.25) is 0 Å². The highest BCUT2D eigenvalue weighted by Crippen LogP contribution is 2.43. The Morgan fingerprint density at radius 1 is 1.15 bits per heavy atom. The first-order valence-corrected chi connectivity index (χ1v) is 7.84. The number of ketones is 1. The largest absolute Gasteiger partial charge is 0.444 e. The number of rotatable bonds is 0. The molecule has 2 rings (SSSR count). The van der Waals surface area contributed by atoms with Crippen LogP contribution in [0.25, 0.3) is 0 Å². The SMILES string of the molecule is CC.CC(C)(C)OC(=O)N1CCC2(CCCC2=O)CC1. The van der Waals surface area contributed by atoms with E-state index in [-0.39, 0.29) is 11.5 Å². The van der Waals surface area contributed by atoms with Crippen molar-refractivity contribution in [2.24, 2.45) is 5.41 Å². The summed E-state index contributed by atoms with van der Waals surface area (Å²) in [5.74, 6) is 0.409. The Hall–Kier alpha value is -1.06. The predicted molar refractivity (Wildman–Crippen MR) is 79.7 cm³/mol. The molecule has 2 fully saturated rings. The lowest BCUT2D eigenvalue weighted by Crippen LogP contribution is -2.46. The molecule has 1 spiro atoms. The first-order valence-electron chi connectivity index (χ1n) is 7.84. The summed E-state index contributed by atoms with van der Waals surface area (Å²) in [6, 6.07) is 0. The molecule has 1 aliphatic carbocycles. The highest BCUT2D eigenvalue weighted by Gasteiger charge is 2.44. The van der Waals surface area contributed by atoms with Gasteiger partial charge in [-0.3, -0.25) is 4.79 Å². The van der Waals surface area contributed by atoms with Gasteiger partial charge in [0.1, 0.15) is 11.4 Å². The van der Waals surface area contributed by atoms with Crippen molar-refractivity contribution < 1.29 is 14.3 Å². The van der Waals surface area contributed by atoms with Crippen molar-refractivity contribution in [1.29, 1.82) is 0 Å². The van der Waals surface area contributed by atoms with Crippen LogP contribution in [0.15, 0.2) is 0 Å². The fraction of sp³-hybridized carbons (Fsp3) is 0.875. The van der Waals surface area contributed by atoms with Gasteiger partial charge in [-0.15, -0.1) is 0 Å². The number of likely N-dealkylation sites (tertiary alicyclic amines) is 1. The van der Waals surface area contributed by atoms with E-state index in [2.05, 4.69) is 0 Å². The molecular formula is C16H29NO3. The predicted octanol–water partition coefficient (Wildman–Crippen LogP) is 3.78. The molecule has 0 atom stereocenters. The molecule has 1 saturated carbocycles. The van der Waals surface area contributed by atoms with Gasteiger partial charge < -0.3 is 9.64 Å². The third kappa shape index (κ3) is 3.97.